The number of pyridine rings is 2. The fourth-order valence-corrected chi connectivity index (χ4v) is 2.79. The maximum absolute atomic E-state index is 8.20. The zero-order valence-corrected chi connectivity index (χ0v) is 16.6. The van der Waals surface area contributed by atoms with Crippen molar-refractivity contribution >= 4 is 34.0 Å². The van der Waals surface area contributed by atoms with Gasteiger partial charge >= 0.3 is 0 Å². The van der Waals surface area contributed by atoms with Gasteiger partial charge in [0.05, 0.1) is 17.2 Å². The normalized spacial score (nSPS) is 11.7. The highest BCUT2D eigenvalue weighted by Crippen LogP contribution is 2.23. The molecular weight excluding hydrogens is 350 g/mol. The molecule has 0 amide bonds. The van der Waals surface area contributed by atoms with Crippen LogP contribution in [0.3, 0.4) is 0 Å². The van der Waals surface area contributed by atoms with Crippen molar-refractivity contribution in [2.24, 2.45) is 0 Å². The van der Waals surface area contributed by atoms with Gasteiger partial charge in [0.2, 0.25) is 0 Å². The van der Waals surface area contributed by atoms with Gasteiger partial charge in [0.1, 0.15) is 5.82 Å². The molecule has 0 bridgehead atoms. The van der Waals surface area contributed by atoms with Crippen LogP contribution in [0.4, 0.5) is 11.6 Å². The van der Waals surface area contributed by atoms with E-state index in [4.69, 9.17) is 5.41 Å². The van der Waals surface area contributed by atoms with Crippen LogP contribution in [0.25, 0.3) is 16.6 Å². The van der Waals surface area contributed by atoms with E-state index >= 15 is 0 Å². The standard InChI is InChI=1S/C21H25N7/c1-5-17(22)16(12-23-4)15-8-19-18(24-10-15)6-7-20(26-19)27-21-9-14(13(2)3)11-25-28-21/h6-13,22-23H,5H2,1-4H3,(H,26,27,28)/b16-12-,22-17?. The first kappa shape index (κ1) is 19.4. The van der Waals surface area contributed by atoms with Crippen molar-refractivity contribution in [2.75, 3.05) is 12.4 Å². The highest BCUT2D eigenvalue weighted by Gasteiger charge is 2.10. The van der Waals surface area contributed by atoms with Gasteiger partial charge in [0.15, 0.2) is 5.82 Å². The molecule has 3 aromatic rings. The molecule has 3 rings (SSSR count). The largest absolute Gasteiger partial charge is 0.393 e. The molecule has 0 saturated heterocycles. The Bertz CT molecular complexity index is 1020. The zero-order valence-electron chi connectivity index (χ0n) is 16.6. The van der Waals surface area contributed by atoms with E-state index < -0.39 is 0 Å². The van der Waals surface area contributed by atoms with Gasteiger partial charge in [-0.15, -0.1) is 5.10 Å². The van der Waals surface area contributed by atoms with E-state index in [9.17, 15) is 0 Å². The van der Waals surface area contributed by atoms with E-state index in [1.54, 1.807) is 12.4 Å². The van der Waals surface area contributed by atoms with Crippen LogP contribution in [-0.2, 0) is 0 Å². The number of allylic oxidation sites excluding steroid dienone is 1. The van der Waals surface area contributed by atoms with Gasteiger partial charge in [-0.25, -0.2) is 4.98 Å². The van der Waals surface area contributed by atoms with E-state index in [1.165, 1.54) is 0 Å². The Hall–Kier alpha value is -3.35. The van der Waals surface area contributed by atoms with Crippen LogP contribution in [0, 0.1) is 5.41 Å². The quantitative estimate of drug-likeness (QED) is 0.533. The van der Waals surface area contributed by atoms with Crippen molar-refractivity contribution in [2.45, 2.75) is 33.1 Å². The van der Waals surface area contributed by atoms with Crippen LogP contribution in [0.2, 0.25) is 0 Å². The van der Waals surface area contributed by atoms with E-state index in [-0.39, 0.29) is 0 Å². The van der Waals surface area contributed by atoms with E-state index in [0.29, 0.717) is 29.7 Å². The SMILES string of the molecule is CCC(=N)/C(=C\NC)c1cnc2ccc(Nc3cc(C(C)C)cnn3)nc2c1. The summed E-state index contributed by atoms with van der Waals surface area (Å²) in [5, 5.41) is 22.6. The maximum Gasteiger partial charge on any atom is 0.154 e. The summed E-state index contributed by atoms with van der Waals surface area (Å²) in [6.07, 6.45) is 6.02. The minimum absolute atomic E-state index is 0.374. The van der Waals surface area contributed by atoms with Crippen molar-refractivity contribution in [1.29, 1.82) is 5.41 Å². The number of nitrogens with zero attached hydrogens (tertiary/aromatic N) is 4. The lowest BCUT2D eigenvalue weighted by Crippen LogP contribution is -2.05. The molecule has 28 heavy (non-hydrogen) atoms. The predicted octanol–water partition coefficient (Wildman–Crippen LogP) is 4.28. The Morgan fingerprint density at radius 1 is 1.14 bits per heavy atom. The van der Waals surface area contributed by atoms with Gasteiger partial charge in [-0.2, -0.15) is 5.10 Å². The number of anilines is 2. The van der Waals surface area contributed by atoms with E-state index in [2.05, 4.69) is 44.6 Å². The minimum Gasteiger partial charge on any atom is -0.393 e. The fraction of sp³-hybridized carbons (Fsp3) is 0.286. The topological polar surface area (TPSA) is 99.5 Å². The summed E-state index contributed by atoms with van der Waals surface area (Å²) >= 11 is 0. The molecule has 0 atom stereocenters. The van der Waals surface area contributed by atoms with Crippen LogP contribution >= 0.6 is 0 Å². The molecule has 0 saturated carbocycles. The molecule has 0 unspecified atom stereocenters. The summed E-state index contributed by atoms with van der Waals surface area (Å²) in [7, 11) is 1.82. The number of nitrogens with one attached hydrogen (secondary N) is 3. The van der Waals surface area contributed by atoms with Crippen molar-refractivity contribution < 1.29 is 0 Å². The summed E-state index contributed by atoms with van der Waals surface area (Å²) in [4.78, 5) is 9.18. The highest BCUT2D eigenvalue weighted by molar-refractivity contribution is 6.22. The molecule has 144 valence electrons. The lowest BCUT2D eigenvalue weighted by Gasteiger charge is -2.10. The van der Waals surface area contributed by atoms with Crippen LogP contribution in [0.15, 0.2) is 42.9 Å². The molecule has 0 radical (unpaired) electrons. The maximum atomic E-state index is 8.20. The third-order valence-electron chi connectivity index (χ3n) is 4.41. The zero-order chi connectivity index (χ0) is 20.1. The Kier molecular flexibility index (Phi) is 5.93. The number of hydrogen-bond donors (Lipinski definition) is 3. The summed E-state index contributed by atoms with van der Waals surface area (Å²) in [6, 6.07) is 7.73. The smallest absolute Gasteiger partial charge is 0.154 e. The first-order valence-electron chi connectivity index (χ1n) is 9.33. The van der Waals surface area contributed by atoms with Crippen molar-refractivity contribution in [3.8, 4) is 0 Å². The van der Waals surface area contributed by atoms with Crippen molar-refractivity contribution in [1.82, 2.24) is 25.5 Å². The first-order chi connectivity index (χ1) is 13.5. The Morgan fingerprint density at radius 2 is 1.96 bits per heavy atom. The van der Waals surface area contributed by atoms with Gasteiger partial charge in [-0.05, 0) is 42.2 Å². The third kappa shape index (κ3) is 4.31. The molecular formula is C21H25N7. The van der Waals surface area contributed by atoms with Crippen LogP contribution < -0.4 is 10.6 Å². The molecule has 7 heteroatoms. The molecule has 0 aliphatic heterocycles. The number of rotatable bonds is 7. The van der Waals surface area contributed by atoms with Gasteiger partial charge in [-0.3, -0.25) is 4.98 Å². The Labute approximate surface area is 164 Å². The lowest BCUT2D eigenvalue weighted by molar-refractivity contribution is 0.843. The van der Waals surface area contributed by atoms with Crippen LogP contribution in [0.1, 0.15) is 44.2 Å². The summed E-state index contributed by atoms with van der Waals surface area (Å²) < 4.78 is 0. The molecule has 0 spiro atoms. The molecule has 3 N–H and O–H groups in total. The summed E-state index contributed by atoms with van der Waals surface area (Å²) in [5.74, 6) is 1.70. The van der Waals surface area contributed by atoms with Crippen LogP contribution in [0.5, 0.6) is 0 Å². The second kappa shape index (κ2) is 8.56. The second-order valence-electron chi connectivity index (χ2n) is 6.79. The van der Waals surface area contributed by atoms with Crippen molar-refractivity contribution in [3.63, 3.8) is 0 Å². The van der Waals surface area contributed by atoms with Gasteiger partial charge in [0.25, 0.3) is 0 Å². The molecule has 7 nitrogen and oxygen atoms in total. The molecule has 3 aromatic heterocycles. The lowest BCUT2D eigenvalue weighted by atomic mass is 10.0. The monoisotopic (exact) mass is 375 g/mol. The average Bonchev–Trinajstić information content (AvgIpc) is 2.71. The fourth-order valence-electron chi connectivity index (χ4n) is 2.79. The molecule has 0 aliphatic carbocycles. The first-order valence-corrected chi connectivity index (χ1v) is 9.33. The molecule has 0 aromatic carbocycles. The predicted molar refractivity (Wildman–Crippen MR) is 114 cm³/mol. The van der Waals surface area contributed by atoms with Gasteiger partial charge in [0, 0.05) is 36.3 Å². The molecule has 0 aliphatic rings. The highest BCUT2D eigenvalue weighted by atomic mass is 15.2. The van der Waals surface area contributed by atoms with Gasteiger partial charge in [-0.1, -0.05) is 20.8 Å². The third-order valence-corrected chi connectivity index (χ3v) is 4.41. The van der Waals surface area contributed by atoms with Gasteiger partial charge < -0.3 is 16.0 Å². The number of hydrogen-bond acceptors (Lipinski definition) is 7. The molecule has 0 fully saturated rings. The summed E-state index contributed by atoms with van der Waals surface area (Å²) in [5.41, 5.74) is 4.88. The Balaban J connectivity index is 1.95. The summed E-state index contributed by atoms with van der Waals surface area (Å²) in [6.45, 7) is 6.20. The van der Waals surface area contributed by atoms with Crippen molar-refractivity contribution in [3.05, 3.63) is 54.0 Å². The van der Waals surface area contributed by atoms with Crippen LogP contribution in [-0.4, -0.2) is 32.9 Å². The number of aromatic nitrogens is 4. The Morgan fingerprint density at radius 3 is 2.68 bits per heavy atom. The minimum atomic E-state index is 0.374. The molecule has 3 heterocycles. The van der Waals surface area contributed by atoms with E-state index in [1.807, 2.05) is 44.4 Å². The second-order valence-corrected chi connectivity index (χ2v) is 6.79. The van der Waals surface area contributed by atoms with E-state index in [0.717, 1.165) is 27.7 Å². The average molecular weight is 375 g/mol. The number of fused-ring (bicyclic) bond motifs is 1.